The molecule has 5 heavy (non-hydrogen) atoms. The average Bonchev–Trinajstić information content (AvgIpc) is 0.918. The zero-order chi connectivity index (χ0) is 2.71. The summed E-state index contributed by atoms with van der Waals surface area (Å²) >= 11 is 0. The Morgan fingerprint density at radius 3 is 1.40 bits per heavy atom. The summed E-state index contributed by atoms with van der Waals surface area (Å²) < 4.78 is 0. The van der Waals surface area contributed by atoms with E-state index in [1.54, 1.807) is 6.07 Å². The summed E-state index contributed by atoms with van der Waals surface area (Å²) in [6, 6.07) is 1.75. The summed E-state index contributed by atoms with van der Waals surface area (Å²) in [6.45, 7) is 1.43. The molecule has 0 rings (SSSR count). The first-order valence-electron chi connectivity index (χ1n) is 0.724. The van der Waals surface area contributed by atoms with Crippen LogP contribution >= 0.6 is 0 Å². The van der Waals surface area contributed by atoms with Crippen LogP contribution in [0.15, 0.2) is 0 Å². The second-order valence-electron chi connectivity index (χ2n) is 0.224. The van der Waals surface area contributed by atoms with Crippen molar-refractivity contribution < 1.29 is 39.0 Å². The van der Waals surface area contributed by atoms with E-state index < -0.39 is 0 Å². The first-order valence-corrected chi connectivity index (χ1v) is 0.724. The molecule has 0 atom stereocenters. The molecule has 32 valence electrons. The van der Waals surface area contributed by atoms with Gasteiger partial charge < -0.3 is 0 Å². The third-order valence-corrected chi connectivity index (χ3v) is 0. The molecule has 0 heterocycles. The van der Waals surface area contributed by atoms with E-state index in [0.29, 0.717) is 0 Å². The van der Waals surface area contributed by atoms with E-state index in [1.807, 2.05) is 0 Å². The summed E-state index contributed by atoms with van der Waals surface area (Å²) in [5.74, 6) is 0. The van der Waals surface area contributed by atoms with Gasteiger partial charge in [-0.15, -0.1) is 0 Å². The second kappa shape index (κ2) is 21.9. The van der Waals surface area contributed by atoms with Crippen LogP contribution < -0.4 is 0 Å². The van der Waals surface area contributed by atoms with Crippen LogP contribution in [0.5, 0.6) is 0 Å². The fourth-order valence-corrected chi connectivity index (χ4v) is 0. The van der Waals surface area contributed by atoms with Gasteiger partial charge in [0.2, 0.25) is 0 Å². The zero-order valence-electron chi connectivity index (χ0n) is 2.65. The van der Waals surface area contributed by atoms with Crippen LogP contribution in [-0.2, 0) is 39.0 Å². The molecule has 0 aromatic rings. The number of nitrogens with zero attached hydrogens (tertiary/aromatic N) is 1. The zero-order valence-corrected chi connectivity index (χ0v) is 6.13. The maximum Gasteiger partial charge on any atom is 0.0587 e. The molecular weight excluding hydrogens is 240 g/mol. The molecule has 0 aliphatic carbocycles. The fourth-order valence-electron chi connectivity index (χ4n) is 0. The monoisotopic (exact) mass is 245 g/mol. The van der Waals surface area contributed by atoms with E-state index in [4.69, 9.17) is 5.26 Å². The third-order valence-electron chi connectivity index (χ3n) is 0. The minimum absolute atomic E-state index is 0. The topological polar surface area (TPSA) is 23.8 Å². The molecule has 0 aromatic carbocycles. The van der Waals surface area contributed by atoms with Gasteiger partial charge in [-0.25, -0.2) is 0 Å². The second-order valence-corrected chi connectivity index (χ2v) is 0.224. The summed E-state index contributed by atoms with van der Waals surface area (Å²) in [7, 11) is 0. The van der Waals surface area contributed by atoms with E-state index >= 15 is 0 Å². The maximum absolute atomic E-state index is 7.32. The van der Waals surface area contributed by atoms with Gasteiger partial charge in [0, 0.05) is 45.9 Å². The number of hydrogen-bond acceptors (Lipinski definition) is 1. The van der Waals surface area contributed by atoms with E-state index in [-0.39, 0.29) is 39.0 Å². The summed E-state index contributed by atoms with van der Waals surface area (Å²) in [4.78, 5) is 0. The predicted octanol–water partition coefficient (Wildman–Crippen LogP) is 0.525. The molecule has 0 saturated carbocycles. The van der Waals surface area contributed by atoms with Gasteiger partial charge in [-0.3, -0.25) is 0 Å². The van der Waals surface area contributed by atoms with Crippen molar-refractivity contribution in [3.63, 3.8) is 0 Å². The van der Waals surface area contributed by atoms with Gasteiger partial charge in [-0.05, 0) is 0 Å². The molecule has 0 amide bonds. The van der Waals surface area contributed by atoms with E-state index in [1.165, 1.54) is 6.92 Å². The van der Waals surface area contributed by atoms with Gasteiger partial charge in [0.1, 0.15) is 0 Å². The smallest absolute Gasteiger partial charge is 0.0587 e. The van der Waals surface area contributed by atoms with Crippen LogP contribution in [0.3, 0.4) is 0 Å². The third kappa shape index (κ3) is 65.4. The average molecular weight is 243 g/mol. The number of hydrogen-bond donors (Lipinski definition) is 0. The Hall–Kier alpha value is 0.737. The van der Waals surface area contributed by atoms with Crippen molar-refractivity contribution in [2.75, 3.05) is 0 Å². The van der Waals surface area contributed by atoms with Gasteiger partial charge in [-0.1, -0.05) is 0 Å². The van der Waals surface area contributed by atoms with Crippen molar-refractivity contribution in [1.29, 1.82) is 5.26 Å². The Morgan fingerprint density at radius 2 is 1.40 bits per heavy atom. The SMILES string of the molecule is CC#N.[Ru].[Ru]. The van der Waals surface area contributed by atoms with Crippen molar-refractivity contribution in [3.8, 4) is 6.07 Å². The quantitative estimate of drug-likeness (QED) is 0.569. The van der Waals surface area contributed by atoms with Crippen molar-refractivity contribution in [2.45, 2.75) is 6.92 Å². The number of nitriles is 1. The van der Waals surface area contributed by atoms with Crippen molar-refractivity contribution in [1.82, 2.24) is 0 Å². The first-order chi connectivity index (χ1) is 1.41. The minimum atomic E-state index is 0. The van der Waals surface area contributed by atoms with Crippen LogP contribution in [0.1, 0.15) is 6.92 Å². The van der Waals surface area contributed by atoms with E-state index in [0.717, 1.165) is 0 Å². The maximum atomic E-state index is 7.32. The molecule has 0 unspecified atom stereocenters. The van der Waals surface area contributed by atoms with E-state index in [2.05, 4.69) is 0 Å². The fraction of sp³-hybridized carbons (Fsp3) is 0.500. The molecule has 0 saturated heterocycles. The Balaban J connectivity index is -0.0000000200. The van der Waals surface area contributed by atoms with Gasteiger partial charge in [0.25, 0.3) is 0 Å². The molecule has 0 radical (unpaired) electrons. The Labute approximate surface area is 57.3 Å². The first kappa shape index (κ1) is 17.2. The molecule has 1 nitrogen and oxygen atoms in total. The van der Waals surface area contributed by atoms with Crippen LogP contribution in [0, 0.1) is 11.3 Å². The van der Waals surface area contributed by atoms with Crippen LogP contribution in [0.2, 0.25) is 0 Å². The molecule has 3 heteroatoms. The van der Waals surface area contributed by atoms with Gasteiger partial charge in [-0.2, -0.15) is 5.26 Å². The Kier molecular flexibility index (Phi) is 75.4. The van der Waals surface area contributed by atoms with Gasteiger partial charge in [0.05, 0.1) is 6.07 Å². The molecular formula is C2H3NRu2. The normalized spacial score (nSPS) is 1.60. The number of rotatable bonds is 0. The summed E-state index contributed by atoms with van der Waals surface area (Å²) in [5.41, 5.74) is 0. The largest absolute Gasteiger partial charge is 0.199 e. The van der Waals surface area contributed by atoms with Crippen molar-refractivity contribution >= 4 is 0 Å². The predicted molar refractivity (Wildman–Crippen MR) is 11.3 cm³/mol. The summed E-state index contributed by atoms with van der Waals surface area (Å²) in [6.07, 6.45) is 0. The molecule has 0 aromatic heterocycles. The molecule has 0 aliphatic rings. The van der Waals surface area contributed by atoms with Gasteiger partial charge in [0.15, 0.2) is 0 Å². The molecule has 0 aliphatic heterocycles. The van der Waals surface area contributed by atoms with Crippen LogP contribution in [0.4, 0.5) is 0 Å². The van der Waals surface area contributed by atoms with Crippen LogP contribution in [-0.4, -0.2) is 0 Å². The Bertz CT molecular complexity index is 29.1. The molecule has 0 fully saturated rings. The van der Waals surface area contributed by atoms with Crippen LogP contribution in [0.25, 0.3) is 0 Å². The van der Waals surface area contributed by atoms with Crippen molar-refractivity contribution in [2.24, 2.45) is 0 Å². The molecule has 0 bridgehead atoms. The summed E-state index contributed by atoms with van der Waals surface area (Å²) in [5, 5.41) is 7.32. The standard InChI is InChI=1S/C2H3N.2Ru/c1-2-3;;/h1H3;;. The van der Waals surface area contributed by atoms with Gasteiger partial charge >= 0.3 is 0 Å². The molecule has 0 N–H and O–H groups in total. The molecule has 0 spiro atoms. The van der Waals surface area contributed by atoms with Crippen molar-refractivity contribution in [3.05, 3.63) is 0 Å². The Morgan fingerprint density at radius 1 is 1.40 bits per heavy atom. The minimum Gasteiger partial charge on any atom is -0.199 e. The van der Waals surface area contributed by atoms with E-state index in [9.17, 15) is 0 Å².